The number of benzene rings is 1. The number of carbonyl (C=O) groups is 1. The summed E-state index contributed by atoms with van der Waals surface area (Å²) in [5, 5.41) is 2.50. The Hall–Kier alpha value is -1.73. The number of nitrogens with one attached hydrogen (secondary N) is 1. The number of alkyl halides is 2. The van der Waals surface area contributed by atoms with Crippen molar-refractivity contribution < 1.29 is 23.0 Å². The zero-order chi connectivity index (χ0) is 17.9. The molecule has 5 nitrogen and oxygen atoms in total. The monoisotopic (exact) mass is 354 g/mol. The summed E-state index contributed by atoms with van der Waals surface area (Å²) < 4.78 is 38.4. The minimum atomic E-state index is -2.68. The second-order valence-electron chi connectivity index (χ2n) is 6.78. The van der Waals surface area contributed by atoms with E-state index in [-0.39, 0.29) is 6.10 Å². The van der Waals surface area contributed by atoms with Crippen LogP contribution in [-0.2, 0) is 9.47 Å². The standard InChI is InChI=1S/C18H24F2N2O3/c1-13-11-22(12-18(25-13)7-9-24-10-8-18)17(23)21-15(16(19)20)14-5-3-2-4-6-14/h2-6,13,15-16H,7-12H2,1H3,(H,21,23). The van der Waals surface area contributed by atoms with Crippen molar-refractivity contribution in [1.82, 2.24) is 10.2 Å². The average molecular weight is 354 g/mol. The summed E-state index contributed by atoms with van der Waals surface area (Å²) in [5.74, 6) is 0. The zero-order valence-corrected chi connectivity index (χ0v) is 14.3. The van der Waals surface area contributed by atoms with Crippen molar-refractivity contribution in [2.24, 2.45) is 0 Å². The summed E-state index contributed by atoms with van der Waals surface area (Å²) in [5.41, 5.74) is -0.0340. The van der Waals surface area contributed by atoms with Crippen molar-refractivity contribution in [3.63, 3.8) is 0 Å². The normalized spacial score (nSPS) is 24.3. The number of morpholine rings is 1. The molecule has 1 spiro atoms. The zero-order valence-electron chi connectivity index (χ0n) is 14.3. The molecule has 0 saturated carbocycles. The van der Waals surface area contributed by atoms with Gasteiger partial charge in [0.05, 0.1) is 18.2 Å². The smallest absolute Gasteiger partial charge is 0.318 e. The maximum atomic E-state index is 13.5. The first kappa shape index (κ1) is 18.1. The van der Waals surface area contributed by atoms with Gasteiger partial charge in [-0.15, -0.1) is 0 Å². The van der Waals surface area contributed by atoms with E-state index in [4.69, 9.17) is 9.47 Å². The van der Waals surface area contributed by atoms with Gasteiger partial charge in [0.1, 0.15) is 6.04 Å². The van der Waals surface area contributed by atoms with Crippen molar-refractivity contribution in [1.29, 1.82) is 0 Å². The molecule has 25 heavy (non-hydrogen) atoms. The van der Waals surface area contributed by atoms with Crippen LogP contribution in [0.15, 0.2) is 30.3 Å². The van der Waals surface area contributed by atoms with E-state index in [1.165, 1.54) is 0 Å². The Morgan fingerprint density at radius 1 is 1.28 bits per heavy atom. The van der Waals surface area contributed by atoms with E-state index in [0.29, 0.717) is 44.7 Å². The third-order valence-corrected chi connectivity index (χ3v) is 4.79. The summed E-state index contributed by atoms with van der Waals surface area (Å²) in [6.07, 6.45) is -1.41. The van der Waals surface area contributed by atoms with Crippen LogP contribution < -0.4 is 5.32 Å². The molecule has 2 aliphatic rings. The van der Waals surface area contributed by atoms with E-state index in [9.17, 15) is 13.6 Å². The Balaban J connectivity index is 1.70. The Morgan fingerprint density at radius 2 is 1.96 bits per heavy atom. The molecule has 1 aromatic carbocycles. The predicted octanol–water partition coefficient (Wildman–Crippen LogP) is 2.97. The molecule has 1 aromatic rings. The van der Waals surface area contributed by atoms with Crippen LogP contribution in [0, 0.1) is 0 Å². The maximum absolute atomic E-state index is 13.5. The number of hydrogen-bond donors (Lipinski definition) is 1. The van der Waals surface area contributed by atoms with Crippen LogP contribution >= 0.6 is 0 Å². The number of nitrogens with zero attached hydrogens (tertiary/aromatic N) is 1. The van der Waals surface area contributed by atoms with Gasteiger partial charge in [0.2, 0.25) is 0 Å². The number of amides is 2. The van der Waals surface area contributed by atoms with Gasteiger partial charge in [-0.1, -0.05) is 30.3 Å². The average Bonchev–Trinajstić information content (AvgIpc) is 2.60. The fourth-order valence-electron chi connectivity index (χ4n) is 3.57. The van der Waals surface area contributed by atoms with E-state index < -0.39 is 24.1 Å². The lowest BCUT2D eigenvalue weighted by molar-refractivity contribution is -0.175. The molecule has 2 amide bonds. The van der Waals surface area contributed by atoms with Gasteiger partial charge in [-0.05, 0) is 12.5 Å². The lowest BCUT2D eigenvalue weighted by atomic mass is 9.91. The topological polar surface area (TPSA) is 50.8 Å². The lowest BCUT2D eigenvalue weighted by Crippen LogP contribution is -2.60. The summed E-state index contributed by atoms with van der Waals surface area (Å²) >= 11 is 0. The SMILES string of the molecule is CC1CN(C(=O)NC(c2ccccc2)C(F)F)CC2(CCOCC2)O1. The van der Waals surface area contributed by atoms with Crippen LogP contribution in [0.1, 0.15) is 31.4 Å². The summed E-state index contributed by atoms with van der Waals surface area (Å²) in [7, 11) is 0. The molecule has 1 N–H and O–H groups in total. The molecule has 2 aliphatic heterocycles. The Kier molecular flexibility index (Phi) is 5.54. The van der Waals surface area contributed by atoms with Gasteiger partial charge in [0.15, 0.2) is 0 Å². The molecule has 0 aliphatic carbocycles. The summed E-state index contributed by atoms with van der Waals surface area (Å²) in [6, 6.07) is 6.52. The fourth-order valence-corrected chi connectivity index (χ4v) is 3.57. The number of urea groups is 1. The minimum absolute atomic E-state index is 0.140. The molecule has 0 radical (unpaired) electrons. The molecule has 2 fully saturated rings. The summed E-state index contributed by atoms with van der Waals surface area (Å²) in [6.45, 7) is 3.87. The van der Waals surface area contributed by atoms with Crippen molar-refractivity contribution in [2.45, 2.75) is 43.9 Å². The first-order chi connectivity index (χ1) is 12.0. The quantitative estimate of drug-likeness (QED) is 0.908. The highest BCUT2D eigenvalue weighted by Gasteiger charge is 2.42. The van der Waals surface area contributed by atoms with Crippen LogP contribution in [0.4, 0.5) is 13.6 Å². The largest absolute Gasteiger partial charge is 0.381 e. The number of carbonyl (C=O) groups excluding carboxylic acids is 1. The molecule has 2 heterocycles. The maximum Gasteiger partial charge on any atom is 0.318 e. The first-order valence-corrected chi connectivity index (χ1v) is 8.63. The lowest BCUT2D eigenvalue weighted by Gasteiger charge is -2.47. The fraction of sp³-hybridized carbons (Fsp3) is 0.611. The Labute approximate surface area is 146 Å². The number of halogens is 2. The molecule has 2 saturated heterocycles. The first-order valence-electron chi connectivity index (χ1n) is 8.63. The van der Waals surface area contributed by atoms with E-state index >= 15 is 0 Å². The molecular formula is C18H24F2N2O3. The summed E-state index contributed by atoms with van der Waals surface area (Å²) in [4.78, 5) is 14.2. The molecule has 2 atom stereocenters. The molecule has 3 rings (SSSR count). The van der Waals surface area contributed by atoms with Gasteiger partial charge in [0, 0.05) is 32.6 Å². The Bertz CT molecular complexity index is 579. The van der Waals surface area contributed by atoms with Crippen LogP contribution in [0.25, 0.3) is 0 Å². The number of hydrogen-bond acceptors (Lipinski definition) is 3. The number of ether oxygens (including phenoxy) is 2. The van der Waals surface area contributed by atoms with E-state index in [2.05, 4.69) is 5.32 Å². The van der Waals surface area contributed by atoms with Crippen molar-refractivity contribution in [3.8, 4) is 0 Å². The van der Waals surface area contributed by atoms with Gasteiger partial charge in [-0.2, -0.15) is 0 Å². The highest BCUT2D eigenvalue weighted by atomic mass is 19.3. The van der Waals surface area contributed by atoms with Crippen molar-refractivity contribution in [2.75, 3.05) is 26.3 Å². The van der Waals surface area contributed by atoms with Gasteiger partial charge < -0.3 is 19.7 Å². The van der Waals surface area contributed by atoms with Crippen LogP contribution in [0.3, 0.4) is 0 Å². The van der Waals surface area contributed by atoms with E-state index in [1.54, 1.807) is 35.2 Å². The predicted molar refractivity (Wildman–Crippen MR) is 88.6 cm³/mol. The third kappa shape index (κ3) is 4.27. The Morgan fingerprint density at radius 3 is 2.60 bits per heavy atom. The van der Waals surface area contributed by atoms with Crippen molar-refractivity contribution in [3.05, 3.63) is 35.9 Å². The minimum Gasteiger partial charge on any atom is -0.381 e. The third-order valence-electron chi connectivity index (χ3n) is 4.79. The second-order valence-corrected chi connectivity index (χ2v) is 6.78. The highest BCUT2D eigenvalue weighted by Crippen LogP contribution is 2.32. The second kappa shape index (κ2) is 7.66. The molecule has 0 aromatic heterocycles. The molecule has 138 valence electrons. The van der Waals surface area contributed by atoms with Gasteiger partial charge in [0.25, 0.3) is 6.43 Å². The molecule has 7 heteroatoms. The molecule has 0 bridgehead atoms. The highest BCUT2D eigenvalue weighted by molar-refractivity contribution is 5.75. The van der Waals surface area contributed by atoms with Crippen LogP contribution in [0.2, 0.25) is 0 Å². The van der Waals surface area contributed by atoms with Crippen LogP contribution in [-0.4, -0.2) is 55.4 Å². The van der Waals surface area contributed by atoms with E-state index in [0.717, 1.165) is 0 Å². The molecular weight excluding hydrogens is 330 g/mol. The van der Waals surface area contributed by atoms with Gasteiger partial charge in [-0.3, -0.25) is 0 Å². The number of rotatable bonds is 3. The molecule has 2 unspecified atom stereocenters. The van der Waals surface area contributed by atoms with Crippen molar-refractivity contribution >= 4 is 6.03 Å². The van der Waals surface area contributed by atoms with Gasteiger partial charge in [-0.25, -0.2) is 13.6 Å². The van der Waals surface area contributed by atoms with E-state index in [1.807, 2.05) is 6.92 Å². The van der Waals surface area contributed by atoms with Gasteiger partial charge >= 0.3 is 6.03 Å². The van der Waals surface area contributed by atoms with Crippen LogP contribution in [0.5, 0.6) is 0 Å².